The quantitative estimate of drug-likeness (QED) is 0.608. The Morgan fingerprint density at radius 1 is 1.12 bits per heavy atom. The molecule has 0 amide bonds. The molecule has 1 saturated heterocycles. The number of Topliss-reactive ketones (excluding diaryl/α,β-unsaturated/α-hetero) is 1. The Bertz CT molecular complexity index is 696. The Labute approximate surface area is 148 Å². The third-order valence-corrected chi connectivity index (χ3v) is 5.21. The van der Waals surface area contributed by atoms with Gasteiger partial charge in [0.2, 0.25) is 0 Å². The molecule has 1 fully saturated rings. The summed E-state index contributed by atoms with van der Waals surface area (Å²) in [4.78, 5) is 16.7. The van der Waals surface area contributed by atoms with Gasteiger partial charge >= 0.3 is 0 Å². The summed E-state index contributed by atoms with van der Waals surface area (Å²) in [6, 6.07) is 15.8. The van der Waals surface area contributed by atoms with Crippen molar-refractivity contribution in [1.82, 2.24) is 4.90 Å². The third kappa shape index (κ3) is 3.72. The topological polar surface area (TPSA) is 29.5 Å². The monoisotopic (exact) mass is 341 g/mol. The molecule has 0 bridgehead atoms. The first-order chi connectivity index (χ1) is 11.7. The standard InChI is InChI=1S/C20H23NO2S/c1-15-14-17(24-2)8-9-18(15)19(21-10-12-23-13-11-21)20(22)16-6-4-3-5-7-16/h3-9,14,19H,10-13H2,1-2H3. The molecule has 0 spiro atoms. The van der Waals surface area contributed by atoms with Gasteiger partial charge in [0.1, 0.15) is 0 Å². The number of ketones is 1. The minimum absolute atomic E-state index is 0.164. The first-order valence-electron chi connectivity index (χ1n) is 8.26. The van der Waals surface area contributed by atoms with Crippen molar-refractivity contribution in [3.63, 3.8) is 0 Å². The average molecular weight is 341 g/mol. The predicted octanol–water partition coefficient (Wildman–Crippen LogP) is 3.97. The molecule has 0 radical (unpaired) electrons. The second-order valence-electron chi connectivity index (χ2n) is 6.00. The van der Waals surface area contributed by atoms with Gasteiger partial charge in [-0.3, -0.25) is 9.69 Å². The fraction of sp³-hybridized carbons (Fsp3) is 0.350. The Balaban J connectivity index is 2.00. The molecule has 0 saturated carbocycles. The highest BCUT2D eigenvalue weighted by atomic mass is 32.2. The van der Waals surface area contributed by atoms with Gasteiger partial charge in [-0.1, -0.05) is 36.4 Å². The van der Waals surface area contributed by atoms with Crippen LogP contribution in [0.4, 0.5) is 0 Å². The van der Waals surface area contributed by atoms with Gasteiger partial charge in [-0.05, 0) is 36.4 Å². The zero-order valence-electron chi connectivity index (χ0n) is 14.2. The largest absolute Gasteiger partial charge is 0.379 e. The molecule has 2 aromatic rings. The van der Waals surface area contributed by atoms with E-state index in [-0.39, 0.29) is 11.8 Å². The van der Waals surface area contributed by atoms with Gasteiger partial charge in [-0.25, -0.2) is 0 Å². The van der Waals surface area contributed by atoms with Crippen molar-refractivity contribution in [2.45, 2.75) is 17.9 Å². The van der Waals surface area contributed by atoms with Crippen LogP contribution in [-0.2, 0) is 4.74 Å². The number of carbonyl (C=O) groups excluding carboxylic acids is 1. The fourth-order valence-electron chi connectivity index (χ4n) is 3.18. The first kappa shape index (κ1) is 17.2. The van der Waals surface area contributed by atoms with Gasteiger partial charge in [0, 0.05) is 23.5 Å². The molecule has 1 aliphatic heterocycles. The van der Waals surface area contributed by atoms with E-state index in [1.54, 1.807) is 11.8 Å². The Morgan fingerprint density at radius 3 is 2.46 bits per heavy atom. The van der Waals surface area contributed by atoms with E-state index >= 15 is 0 Å². The molecule has 0 aromatic heterocycles. The van der Waals surface area contributed by atoms with E-state index in [1.807, 2.05) is 30.3 Å². The van der Waals surface area contributed by atoms with Crippen LogP contribution >= 0.6 is 11.8 Å². The van der Waals surface area contributed by atoms with E-state index in [2.05, 4.69) is 36.3 Å². The molecule has 2 aromatic carbocycles. The summed E-state index contributed by atoms with van der Waals surface area (Å²) in [5.41, 5.74) is 3.04. The van der Waals surface area contributed by atoms with Crippen molar-refractivity contribution < 1.29 is 9.53 Å². The molecule has 3 nitrogen and oxygen atoms in total. The van der Waals surface area contributed by atoms with Crippen LogP contribution in [0.5, 0.6) is 0 Å². The number of carbonyl (C=O) groups is 1. The lowest BCUT2D eigenvalue weighted by Crippen LogP contribution is -2.42. The summed E-state index contributed by atoms with van der Waals surface area (Å²) in [5.74, 6) is 0.164. The van der Waals surface area contributed by atoms with Crippen molar-refractivity contribution in [1.29, 1.82) is 0 Å². The number of aryl methyl sites for hydroxylation is 1. The number of ether oxygens (including phenoxy) is 1. The molecule has 1 heterocycles. The molecule has 1 atom stereocenters. The van der Waals surface area contributed by atoms with Gasteiger partial charge in [-0.15, -0.1) is 11.8 Å². The van der Waals surface area contributed by atoms with Crippen molar-refractivity contribution >= 4 is 17.5 Å². The summed E-state index contributed by atoms with van der Waals surface area (Å²) in [6.45, 7) is 5.03. The van der Waals surface area contributed by atoms with E-state index in [1.165, 1.54) is 10.5 Å². The minimum Gasteiger partial charge on any atom is -0.379 e. The maximum absolute atomic E-state index is 13.3. The second kappa shape index (κ2) is 7.97. The lowest BCUT2D eigenvalue weighted by molar-refractivity contribution is 0.0171. The molecular formula is C20H23NO2S. The number of morpholine rings is 1. The van der Waals surface area contributed by atoms with E-state index in [0.717, 1.165) is 24.2 Å². The Hall–Kier alpha value is -1.62. The molecule has 1 unspecified atom stereocenters. The number of rotatable bonds is 5. The fourth-order valence-corrected chi connectivity index (χ4v) is 3.68. The van der Waals surface area contributed by atoms with Gasteiger partial charge in [-0.2, -0.15) is 0 Å². The van der Waals surface area contributed by atoms with Crippen LogP contribution in [-0.4, -0.2) is 43.2 Å². The summed E-state index contributed by atoms with van der Waals surface area (Å²) >= 11 is 1.73. The number of hydrogen-bond acceptors (Lipinski definition) is 4. The molecule has 0 N–H and O–H groups in total. The van der Waals surface area contributed by atoms with E-state index in [0.29, 0.717) is 13.2 Å². The zero-order valence-corrected chi connectivity index (χ0v) is 15.0. The average Bonchev–Trinajstić information content (AvgIpc) is 2.64. The van der Waals surface area contributed by atoms with Crippen molar-refractivity contribution in [2.24, 2.45) is 0 Å². The van der Waals surface area contributed by atoms with Crippen LogP contribution in [0.25, 0.3) is 0 Å². The summed E-state index contributed by atoms with van der Waals surface area (Å²) < 4.78 is 5.48. The maximum Gasteiger partial charge on any atom is 0.184 e. The molecule has 126 valence electrons. The zero-order chi connectivity index (χ0) is 16.9. The van der Waals surface area contributed by atoms with Crippen LogP contribution in [0.1, 0.15) is 27.5 Å². The van der Waals surface area contributed by atoms with Crippen LogP contribution in [0.15, 0.2) is 53.4 Å². The molecule has 1 aliphatic rings. The third-order valence-electron chi connectivity index (χ3n) is 4.49. The van der Waals surface area contributed by atoms with Crippen LogP contribution in [0.2, 0.25) is 0 Å². The SMILES string of the molecule is CSc1ccc(C(C(=O)c2ccccc2)N2CCOCC2)c(C)c1. The highest BCUT2D eigenvalue weighted by Crippen LogP contribution is 2.30. The molecular weight excluding hydrogens is 318 g/mol. The Morgan fingerprint density at radius 2 is 1.83 bits per heavy atom. The first-order valence-corrected chi connectivity index (χ1v) is 9.49. The summed E-state index contributed by atoms with van der Waals surface area (Å²) in [5, 5.41) is 0. The van der Waals surface area contributed by atoms with Gasteiger partial charge in [0.05, 0.1) is 19.3 Å². The smallest absolute Gasteiger partial charge is 0.184 e. The van der Waals surface area contributed by atoms with Crippen LogP contribution in [0, 0.1) is 6.92 Å². The predicted molar refractivity (Wildman–Crippen MR) is 98.9 cm³/mol. The minimum atomic E-state index is -0.243. The summed E-state index contributed by atoms with van der Waals surface area (Å²) in [6.07, 6.45) is 2.07. The molecule has 4 heteroatoms. The normalized spacial score (nSPS) is 16.8. The lowest BCUT2D eigenvalue weighted by Gasteiger charge is -2.34. The Kier molecular flexibility index (Phi) is 5.72. The lowest BCUT2D eigenvalue weighted by atomic mass is 9.92. The van der Waals surface area contributed by atoms with Gasteiger partial charge in [0.15, 0.2) is 5.78 Å². The molecule has 3 rings (SSSR count). The van der Waals surface area contributed by atoms with Crippen molar-refractivity contribution in [2.75, 3.05) is 32.6 Å². The van der Waals surface area contributed by atoms with Crippen LogP contribution in [0.3, 0.4) is 0 Å². The number of thioether (sulfide) groups is 1. The molecule has 24 heavy (non-hydrogen) atoms. The van der Waals surface area contributed by atoms with Crippen LogP contribution < -0.4 is 0 Å². The van der Waals surface area contributed by atoms with Gasteiger partial charge in [0.25, 0.3) is 0 Å². The van der Waals surface area contributed by atoms with Crippen molar-refractivity contribution in [3.8, 4) is 0 Å². The number of nitrogens with zero attached hydrogens (tertiary/aromatic N) is 1. The summed E-state index contributed by atoms with van der Waals surface area (Å²) in [7, 11) is 0. The van der Waals surface area contributed by atoms with E-state index in [4.69, 9.17) is 4.74 Å². The highest BCUT2D eigenvalue weighted by molar-refractivity contribution is 7.98. The second-order valence-corrected chi connectivity index (χ2v) is 6.88. The highest BCUT2D eigenvalue weighted by Gasteiger charge is 2.30. The molecule has 0 aliphatic carbocycles. The van der Waals surface area contributed by atoms with E-state index < -0.39 is 0 Å². The number of hydrogen-bond donors (Lipinski definition) is 0. The van der Waals surface area contributed by atoms with Gasteiger partial charge < -0.3 is 4.74 Å². The maximum atomic E-state index is 13.3. The van der Waals surface area contributed by atoms with E-state index in [9.17, 15) is 4.79 Å². The van der Waals surface area contributed by atoms with Crippen molar-refractivity contribution in [3.05, 3.63) is 65.2 Å². The number of benzene rings is 2.